The van der Waals surface area contributed by atoms with Gasteiger partial charge in [-0.15, -0.1) is 0 Å². The van der Waals surface area contributed by atoms with Crippen molar-refractivity contribution in [2.75, 3.05) is 0 Å². The van der Waals surface area contributed by atoms with Crippen LogP contribution >= 0.6 is 11.8 Å². The number of hydrogen-bond donors (Lipinski definition) is 0. The summed E-state index contributed by atoms with van der Waals surface area (Å²) in [5, 5.41) is 10.7. The van der Waals surface area contributed by atoms with Crippen LogP contribution in [-0.4, -0.2) is 4.92 Å². The van der Waals surface area contributed by atoms with Gasteiger partial charge < -0.3 is 0 Å². The van der Waals surface area contributed by atoms with E-state index in [0.717, 1.165) is 16.5 Å². The molecule has 0 fully saturated rings. The van der Waals surface area contributed by atoms with Gasteiger partial charge in [0.05, 0.1) is 11.0 Å². The molecule has 0 aliphatic rings. The molecule has 0 radical (unpaired) electrons. The molecule has 5 heteroatoms. The molecule has 18 heavy (non-hydrogen) atoms. The van der Waals surface area contributed by atoms with E-state index in [1.54, 1.807) is 0 Å². The summed E-state index contributed by atoms with van der Waals surface area (Å²) >= 11 is 1.32. The van der Waals surface area contributed by atoms with Gasteiger partial charge in [0, 0.05) is 15.9 Å². The number of halogens is 1. The van der Waals surface area contributed by atoms with E-state index in [1.165, 1.54) is 23.9 Å². The minimum absolute atomic E-state index is 0.230. The lowest BCUT2D eigenvalue weighted by atomic mass is 10.2. The van der Waals surface area contributed by atoms with E-state index >= 15 is 0 Å². The molecule has 3 nitrogen and oxygen atoms in total. The standard InChI is InChI=1S/C13H10FNO2S/c1-9-4-2-3-5-13(9)18-12-7-10(14)6-11(8-12)15(16)17/h2-8H,1H3. The number of benzene rings is 2. The van der Waals surface area contributed by atoms with Gasteiger partial charge in [-0.1, -0.05) is 30.0 Å². The van der Waals surface area contributed by atoms with Gasteiger partial charge in [0.25, 0.3) is 5.69 Å². The highest BCUT2D eigenvalue weighted by molar-refractivity contribution is 7.99. The molecule has 0 amide bonds. The highest BCUT2D eigenvalue weighted by Crippen LogP contribution is 2.32. The second kappa shape index (κ2) is 5.18. The minimum atomic E-state index is -0.597. The first-order valence-electron chi connectivity index (χ1n) is 5.25. The monoisotopic (exact) mass is 263 g/mol. The zero-order valence-electron chi connectivity index (χ0n) is 9.59. The molecule has 2 aromatic carbocycles. The fraction of sp³-hybridized carbons (Fsp3) is 0.0769. The van der Waals surface area contributed by atoms with Gasteiger partial charge in [-0.05, 0) is 24.6 Å². The summed E-state index contributed by atoms with van der Waals surface area (Å²) in [4.78, 5) is 11.5. The lowest BCUT2D eigenvalue weighted by Crippen LogP contribution is -1.90. The highest BCUT2D eigenvalue weighted by atomic mass is 32.2. The Kier molecular flexibility index (Phi) is 3.62. The first-order valence-corrected chi connectivity index (χ1v) is 6.06. The van der Waals surface area contributed by atoms with Crippen LogP contribution in [0.5, 0.6) is 0 Å². The van der Waals surface area contributed by atoms with Crippen molar-refractivity contribution in [3.8, 4) is 0 Å². The van der Waals surface area contributed by atoms with E-state index in [2.05, 4.69) is 0 Å². The summed E-state index contributed by atoms with van der Waals surface area (Å²) < 4.78 is 13.3. The molecule has 0 aliphatic heterocycles. The third kappa shape index (κ3) is 2.87. The lowest BCUT2D eigenvalue weighted by Gasteiger charge is -2.05. The lowest BCUT2D eigenvalue weighted by molar-refractivity contribution is -0.385. The maximum Gasteiger partial charge on any atom is 0.273 e. The van der Waals surface area contributed by atoms with Gasteiger partial charge in [0.1, 0.15) is 5.82 Å². The fourth-order valence-electron chi connectivity index (χ4n) is 1.51. The van der Waals surface area contributed by atoms with Crippen molar-refractivity contribution in [3.05, 3.63) is 64.0 Å². The van der Waals surface area contributed by atoms with Crippen molar-refractivity contribution in [1.29, 1.82) is 0 Å². The smallest absolute Gasteiger partial charge is 0.258 e. The summed E-state index contributed by atoms with van der Waals surface area (Å²) in [6.45, 7) is 1.94. The molecule has 0 bridgehead atoms. The average molecular weight is 263 g/mol. The van der Waals surface area contributed by atoms with E-state index < -0.39 is 10.7 Å². The van der Waals surface area contributed by atoms with Crippen LogP contribution in [0.3, 0.4) is 0 Å². The largest absolute Gasteiger partial charge is 0.273 e. The Morgan fingerprint density at radius 1 is 1.22 bits per heavy atom. The van der Waals surface area contributed by atoms with E-state index in [-0.39, 0.29) is 5.69 Å². The van der Waals surface area contributed by atoms with Gasteiger partial charge in [-0.25, -0.2) is 4.39 Å². The molecule has 2 aromatic rings. The predicted molar refractivity (Wildman–Crippen MR) is 68.4 cm³/mol. The maximum absolute atomic E-state index is 13.3. The van der Waals surface area contributed by atoms with Crippen LogP contribution in [0, 0.1) is 22.9 Å². The third-order valence-electron chi connectivity index (χ3n) is 2.39. The summed E-state index contributed by atoms with van der Waals surface area (Å²) in [5.74, 6) is -0.597. The second-order valence-electron chi connectivity index (χ2n) is 3.77. The van der Waals surface area contributed by atoms with Crippen LogP contribution in [0.4, 0.5) is 10.1 Å². The molecule has 0 aromatic heterocycles. The third-order valence-corrected chi connectivity index (χ3v) is 3.54. The number of nitro groups is 1. The maximum atomic E-state index is 13.3. The van der Waals surface area contributed by atoms with Crippen LogP contribution in [0.15, 0.2) is 52.3 Å². The Hall–Kier alpha value is -1.88. The second-order valence-corrected chi connectivity index (χ2v) is 4.89. The molecule has 0 saturated carbocycles. The molecule has 0 spiro atoms. The Morgan fingerprint density at radius 2 is 1.94 bits per heavy atom. The van der Waals surface area contributed by atoms with Gasteiger partial charge >= 0.3 is 0 Å². The molecule has 0 aliphatic carbocycles. The van der Waals surface area contributed by atoms with E-state index in [4.69, 9.17) is 0 Å². The van der Waals surface area contributed by atoms with Crippen molar-refractivity contribution in [2.45, 2.75) is 16.7 Å². The zero-order chi connectivity index (χ0) is 13.1. The van der Waals surface area contributed by atoms with Crippen LogP contribution in [0.25, 0.3) is 0 Å². The summed E-state index contributed by atoms with van der Waals surface area (Å²) in [6.07, 6.45) is 0. The molecule has 2 rings (SSSR count). The van der Waals surface area contributed by atoms with Crippen molar-refractivity contribution < 1.29 is 9.31 Å². The van der Waals surface area contributed by atoms with E-state index in [1.807, 2.05) is 31.2 Å². The molecular formula is C13H10FNO2S. The number of non-ortho nitro benzene ring substituents is 1. The Morgan fingerprint density at radius 3 is 2.61 bits per heavy atom. The topological polar surface area (TPSA) is 43.1 Å². The van der Waals surface area contributed by atoms with E-state index in [0.29, 0.717) is 4.90 Å². The quantitative estimate of drug-likeness (QED) is 0.616. The highest BCUT2D eigenvalue weighted by Gasteiger charge is 2.11. The molecule has 0 unspecified atom stereocenters. The van der Waals surface area contributed by atoms with Gasteiger partial charge in [0.15, 0.2) is 0 Å². The van der Waals surface area contributed by atoms with Crippen LogP contribution in [0.2, 0.25) is 0 Å². The fourth-order valence-corrected chi connectivity index (χ4v) is 2.49. The Balaban J connectivity index is 2.35. The van der Waals surface area contributed by atoms with Crippen molar-refractivity contribution in [2.24, 2.45) is 0 Å². The van der Waals surface area contributed by atoms with Crippen molar-refractivity contribution >= 4 is 17.4 Å². The summed E-state index contributed by atoms with van der Waals surface area (Å²) in [6, 6.07) is 11.2. The first-order chi connectivity index (χ1) is 8.56. The minimum Gasteiger partial charge on any atom is -0.258 e. The summed E-state index contributed by atoms with van der Waals surface area (Å²) in [5.41, 5.74) is 0.820. The van der Waals surface area contributed by atoms with Crippen molar-refractivity contribution in [3.63, 3.8) is 0 Å². The molecular weight excluding hydrogens is 253 g/mol. The number of hydrogen-bond acceptors (Lipinski definition) is 3. The number of nitrogens with zero attached hydrogens (tertiary/aromatic N) is 1. The predicted octanol–water partition coefficient (Wildman–Crippen LogP) is 4.19. The Bertz CT molecular complexity index is 601. The van der Waals surface area contributed by atoms with Crippen LogP contribution in [-0.2, 0) is 0 Å². The summed E-state index contributed by atoms with van der Waals surface area (Å²) in [7, 11) is 0. The first kappa shape index (κ1) is 12.6. The number of nitro benzene ring substituents is 1. The molecule has 0 atom stereocenters. The number of rotatable bonds is 3. The Labute approximate surface area is 108 Å². The van der Waals surface area contributed by atoms with Gasteiger partial charge in [-0.3, -0.25) is 10.1 Å². The molecule has 0 heterocycles. The van der Waals surface area contributed by atoms with Crippen molar-refractivity contribution in [1.82, 2.24) is 0 Å². The zero-order valence-corrected chi connectivity index (χ0v) is 10.4. The molecule has 0 N–H and O–H groups in total. The van der Waals surface area contributed by atoms with Gasteiger partial charge in [-0.2, -0.15) is 0 Å². The molecule has 0 saturated heterocycles. The average Bonchev–Trinajstić information content (AvgIpc) is 2.31. The normalized spacial score (nSPS) is 10.3. The number of aryl methyl sites for hydroxylation is 1. The van der Waals surface area contributed by atoms with E-state index in [9.17, 15) is 14.5 Å². The van der Waals surface area contributed by atoms with Crippen LogP contribution < -0.4 is 0 Å². The SMILES string of the molecule is Cc1ccccc1Sc1cc(F)cc([N+](=O)[O-])c1. The molecule has 92 valence electrons. The van der Waals surface area contributed by atoms with Gasteiger partial charge in [0.2, 0.25) is 0 Å². The van der Waals surface area contributed by atoms with Crippen LogP contribution in [0.1, 0.15) is 5.56 Å².